The fourth-order valence-corrected chi connectivity index (χ4v) is 4.55. The molecule has 0 amide bonds. The Morgan fingerprint density at radius 3 is 2.92 bits per heavy atom. The quantitative estimate of drug-likeness (QED) is 0.738. The van der Waals surface area contributed by atoms with Crippen molar-refractivity contribution in [1.29, 1.82) is 0 Å². The summed E-state index contributed by atoms with van der Waals surface area (Å²) in [6.07, 6.45) is 3.06. The second-order valence-corrected chi connectivity index (χ2v) is 7.95. The van der Waals surface area contributed by atoms with Crippen molar-refractivity contribution in [3.63, 3.8) is 0 Å². The molecule has 4 rings (SSSR count). The first kappa shape index (κ1) is 15.6. The molecular formula is C15H16N4O3S2. The molecule has 1 saturated heterocycles. The molecule has 0 saturated carbocycles. The molecule has 0 bridgehead atoms. The van der Waals surface area contributed by atoms with E-state index in [-0.39, 0.29) is 11.1 Å². The van der Waals surface area contributed by atoms with E-state index in [1.165, 1.54) is 17.5 Å². The number of benzene rings is 1. The maximum Gasteiger partial charge on any atom is 0.279 e. The Bertz CT molecular complexity index is 941. The highest BCUT2D eigenvalue weighted by atomic mass is 32.2. The first-order chi connectivity index (χ1) is 11.6. The summed E-state index contributed by atoms with van der Waals surface area (Å²) in [5.41, 5.74) is 1.53. The molecule has 2 N–H and O–H groups in total. The molecule has 1 atom stereocenters. The SMILES string of the molecule is O=S(=O)(Nc1ccc(C2CNCCO2)cc1)c1cnc2sccn12. The molecule has 24 heavy (non-hydrogen) atoms. The molecule has 9 heteroatoms. The third-order valence-electron chi connectivity index (χ3n) is 3.85. The van der Waals surface area contributed by atoms with Crippen LogP contribution in [0, 0.1) is 0 Å². The number of imidazole rings is 1. The molecule has 7 nitrogen and oxygen atoms in total. The summed E-state index contributed by atoms with van der Waals surface area (Å²) >= 11 is 1.39. The van der Waals surface area contributed by atoms with Crippen molar-refractivity contribution in [2.45, 2.75) is 11.1 Å². The van der Waals surface area contributed by atoms with Crippen molar-refractivity contribution in [1.82, 2.24) is 14.7 Å². The Morgan fingerprint density at radius 2 is 2.17 bits per heavy atom. The predicted octanol–water partition coefficient (Wildman–Crippen LogP) is 1.86. The minimum absolute atomic E-state index is 0.00432. The van der Waals surface area contributed by atoms with Crippen LogP contribution in [0.3, 0.4) is 0 Å². The number of hydrogen-bond donors (Lipinski definition) is 2. The van der Waals surface area contributed by atoms with Gasteiger partial charge in [-0.15, -0.1) is 11.3 Å². The van der Waals surface area contributed by atoms with Crippen LogP contribution in [0.2, 0.25) is 0 Å². The molecule has 1 aromatic carbocycles. The highest BCUT2D eigenvalue weighted by molar-refractivity contribution is 7.92. The maximum absolute atomic E-state index is 12.6. The van der Waals surface area contributed by atoms with Crippen molar-refractivity contribution in [3.05, 3.63) is 47.6 Å². The van der Waals surface area contributed by atoms with Crippen LogP contribution in [0.25, 0.3) is 4.96 Å². The highest BCUT2D eigenvalue weighted by Crippen LogP contribution is 2.23. The molecule has 0 aliphatic carbocycles. The maximum atomic E-state index is 12.6. The number of rotatable bonds is 4. The zero-order chi connectivity index (χ0) is 16.6. The van der Waals surface area contributed by atoms with Crippen LogP contribution >= 0.6 is 11.3 Å². The van der Waals surface area contributed by atoms with Gasteiger partial charge in [-0.3, -0.25) is 9.12 Å². The number of hydrogen-bond acceptors (Lipinski definition) is 6. The second-order valence-electron chi connectivity index (χ2n) is 5.44. The van der Waals surface area contributed by atoms with Gasteiger partial charge in [0.05, 0.1) is 18.9 Å². The monoisotopic (exact) mass is 364 g/mol. The zero-order valence-electron chi connectivity index (χ0n) is 12.7. The fraction of sp³-hybridized carbons (Fsp3) is 0.267. The fourth-order valence-electron chi connectivity index (χ4n) is 2.66. The van der Waals surface area contributed by atoms with E-state index in [0.717, 1.165) is 18.7 Å². The average molecular weight is 364 g/mol. The molecule has 2 aromatic heterocycles. The van der Waals surface area contributed by atoms with E-state index >= 15 is 0 Å². The summed E-state index contributed by atoms with van der Waals surface area (Å²) in [5.74, 6) is 0. The Hall–Kier alpha value is -1.94. The molecule has 3 aromatic rings. The summed E-state index contributed by atoms with van der Waals surface area (Å²) in [7, 11) is -3.69. The van der Waals surface area contributed by atoms with Crippen molar-refractivity contribution < 1.29 is 13.2 Å². The van der Waals surface area contributed by atoms with E-state index in [1.807, 2.05) is 12.1 Å². The van der Waals surface area contributed by atoms with E-state index in [1.54, 1.807) is 28.1 Å². The van der Waals surface area contributed by atoms with Gasteiger partial charge in [-0.05, 0) is 17.7 Å². The van der Waals surface area contributed by atoms with Gasteiger partial charge in [-0.1, -0.05) is 12.1 Å². The topological polar surface area (TPSA) is 84.7 Å². The van der Waals surface area contributed by atoms with Crippen molar-refractivity contribution in [3.8, 4) is 0 Å². The smallest absolute Gasteiger partial charge is 0.279 e. The van der Waals surface area contributed by atoms with E-state index in [0.29, 0.717) is 17.3 Å². The van der Waals surface area contributed by atoms with E-state index in [9.17, 15) is 8.42 Å². The zero-order valence-corrected chi connectivity index (χ0v) is 14.3. The van der Waals surface area contributed by atoms with Crippen molar-refractivity contribution in [2.75, 3.05) is 24.4 Å². The average Bonchev–Trinajstić information content (AvgIpc) is 3.19. The van der Waals surface area contributed by atoms with Crippen LogP contribution in [0.4, 0.5) is 5.69 Å². The minimum atomic E-state index is -3.69. The molecule has 126 valence electrons. The standard InChI is InChI=1S/C15H16N4O3S2/c20-24(21,14-10-17-15-19(14)6-8-23-15)18-12-3-1-11(2-4-12)13-9-16-5-7-22-13/h1-4,6,8,10,13,16,18H,5,7,9H2. The number of nitrogens with one attached hydrogen (secondary N) is 2. The molecule has 1 aliphatic heterocycles. The minimum Gasteiger partial charge on any atom is -0.371 e. The Balaban J connectivity index is 1.55. The summed E-state index contributed by atoms with van der Waals surface area (Å²) in [6.45, 7) is 2.30. The summed E-state index contributed by atoms with van der Waals surface area (Å²) in [4.78, 5) is 4.75. The Kier molecular flexibility index (Phi) is 4.01. The second kappa shape index (κ2) is 6.17. The molecular weight excluding hydrogens is 348 g/mol. The normalized spacial score (nSPS) is 18.8. The van der Waals surface area contributed by atoms with Crippen molar-refractivity contribution in [2.24, 2.45) is 0 Å². The molecule has 3 heterocycles. The Morgan fingerprint density at radius 1 is 1.33 bits per heavy atom. The van der Waals surface area contributed by atoms with Crippen LogP contribution in [0.15, 0.2) is 47.1 Å². The van der Waals surface area contributed by atoms with Crippen molar-refractivity contribution >= 4 is 32.0 Å². The molecule has 1 aliphatic rings. The number of aromatic nitrogens is 2. The van der Waals surface area contributed by atoms with E-state index < -0.39 is 10.0 Å². The lowest BCUT2D eigenvalue weighted by Crippen LogP contribution is -2.33. The number of morpholine rings is 1. The molecule has 0 spiro atoms. The largest absolute Gasteiger partial charge is 0.371 e. The van der Waals surface area contributed by atoms with Crippen LogP contribution in [0.1, 0.15) is 11.7 Å². The van der Waals surface area contributed by atoms with Gasteiger partial charge in [0.1, 0.15) is 0 Å². The summed E-state index contributed by atoms with van der Waals surface area (Å²) in [5, 5.41) is 5.20. The van der Waals surface area contributed by atoms with E-state index in [2.05, 4.69) is 15.0 Å². The summed E-state index contributed by atoms with van der Waals surface area (Å²) < 4.78 is 35.0. The van der Waals surface area contributed by atoms with Crippen LogP contribution in [-0.2, 0) is 14.8 Å². The lowest BCUT2D eigenvalue weighted by molar-refractivity contribution is 0.0277. The van der Waals surface area contributed by atoms with Gasteiger partial charge in [0.2, 0.25) is 0 Å². The van der Waals surface area contributed by atoms with Gasteiger partial charge in [0.15, 0.2) is 9.99 Å². The number of nitrogens with zero attached hydrogens (tertiary/aromatic N) is 2. The predicted molar refractivity (Wildman–Crippen MR) is 91.9 cm³/mol. The van der Waals surface area contributed by atoms with Crippen LogP contribution < -0.4 is 10.0 Å². The van der Waals surface area contributed by atoms with Gasteiger partial charge in [-0.25, -0.2) is 4.98 Å². The van der Waals surface area contributed by atoms with Crippen LogP contribution in [0.5, 0.6) is 0 Å². The van der Waals surface area contributed by atoms with Crippen LogP contribution in [-0.4, -0.2) is 37.5 Å². The lowest BCUT2D eigenvalue weighted by atomic mass is 10.1. The number of sulfonamides is 1. The van der Waals surface area contributed by atoms with Gasteiger partial charge in [-0.2, -0.15) is 8.42 Å². The van der Waals surface area contributed by atoms with Gasteiger partial charge in [0, 0.05) is 30.4 Å². The number of fused-ring (bicyclic) bond motifs is 1. The lowest BCUT2D eigenvalue weighted by Gasteiger charge is -2.24. The van der Waals surface area contributed by atoms with E-state index in [4.69, 9.17) is 4.74 Å². The third kappa shape index (κ3) is 2.91. The number of ether oxygens (including phenoxy) is 1. The number of thiazole rings is 1. The molecule has 1 unspecified atom stereocenters. The summed E-state index contributed by atoms with van der Waals surface area (Å²) in [6, 6.07) is 7.26. The van der Waals surface area contributed by atoms with Gasteiger partial charge < -0.3 is 10.1 Å². The van der Waals surface area contributed by atoms with Gasteiger partial charge >= 0.3 is 0 Å². The Labute approximate surface area is 143 Å². The number of anilines is 1. The van der Waals surface area contributed by atoms with Gasteiger partial charge in [0.25, 0.3) is 10.0 Å². The third-order valence-corrected chi connectivity index (χ3v) is 5.98. The first-order valence-electron chi connectivity index (χ1n) is 7.49. The molecule has 0 radical (unpaired) electrons. The highest BCUT2D eigenvalue weighted by Gasteiger charge is 2.20. The first-order valence-corrected chi connectivity index (χ1v) is 9.85. The molecule has 1 fully saturated rings.